The van der Waals surface area contributed by atoms with E-state index in [4.69, 9.17) is 4.74 Å². The molecular weight excluding hydrogens is 316 g/mol. The maximum atomic E-state index is 12.4. The number of nitrogens with zero attached hydrogens (tertiary/aromatic N) is 3. The molecule has 0 saturated carbocycles. The normalized spacial score (nSPS) is 18.0. The minimum Gasteiger partial charge on any atom is -0.435 e. The lowest BCUT2D eigenvalue weighted by Crippen LogP contribution is -2.39. The predicted octanol–water partition coefficient (Wildman–Crippen LogP) is 3.27. The Hall–Kier alpha value is -2.28. The van der Waals surface area contributed by atoms with Gasteiger partial charge in [-0.2, -0.15) is 8.78 Å². The van der Waals surface area contributed by atoms with Crippen LogP contribution in [0.1, 0.15) is 22.9 Å². The van der Waals surface area contributed by atoms with E-state index in [-0.39, 0.29) is 11.9 Å². The molecule has 1 aromatic heterocycles. The summed E-state index contributed by atoms with van der Waals surface area (Å²) in [4.78, 5) is 10.9. The average Bonchev–Trinajstić information content (AvgIpc) is 2.57. The molecule has 1 aromatic carbocycles. The van der Waals surface area contributed by atoms with Crippen LogP contribution in [0.2, 0.25) is 0 Å². The Morgan fingerprint density at radius 3 is 2.92 bits per heavy atom. The third kappa shape index (κ3) is 3.79. The first kappa shape index (κ1) is 16.6. The van der Waals surface area contributed by atoms with E-state index in [0.717, 1.165) is 16.8 Å². The van der Waals surface area contributed by atoms with Crippen molar-refractivity contribution in [1.82, 2.24) is 9.97 Å². The number of ether oxygens (including phenoxy) is 2. The van der Waals surface area contributed by atoms with Gasteiger partial charge in [0.1, 0.15) is 11.9 Å². The topological polar surface area (TPSA) is 47.5 Å². The van der Waals surface area contributed by atoms with Crippen LogP contribution >= 0.6 is 0 Å². The van der Waals surface area contributed by atoms with Crippen molar-refractivity contribution in [3.63, 3.8) is 0 Å². The fraction of sp³-hybridized carbons (Fsp3) is 0.412. The van der Waals surface area contributed by atoms with Crippen LogP contribution in [-0.2, 0) is 4.74 Å². The van der Waals surface area contributed by atoms with Crippen molar-refractivity contribution in [2.45, 2.75) is 26.6 Å². The van der Waals surface area contributed by atoms with E-state index in [1.54, 1.807) is 18.3 Å². The highest BCUT2D eigenvalue weighted by Gasteiger charge is 2.24. The minimum absolute atomic E-state index is 0.130. The quantitative estimate of drug-likeness (QED) is 0.858. The molecule has 0 bridgehead atoms. The van der Waals surface area contributed by atoms with Crippen molar-refractivity contribution in [2.75, 3.05) is 24.6 Å². The summed E-state index contributed by atoms with van der Waals surface area (Å²) in [6.07, 6.45) is 1.56. The van der Waals surface area contributed by atoms with E-state index in [9.17, 15) is 8.78 Å². The van der Waals surface area contributed by atoms with Crippen molar-refractivity contribution in [1.29, 1.82) is 0 Å². The van der Waals surface area contributed by atoms with Gasteiger partial charge in [0.05, 0.1) is 13.2 Å². The molecule has 0 radical (unpaired) electrons. The Bertz CT molecular complexity index is 712. The first-order valence-corrected chi connectivity index (χ1v) is 7.74. The zero-order chi connectivity index (χ0) is 17.1. The molecule has 2 aromatic rings. The first-order chi connectivity index (χ1) is 11.5. The van der Waals surface area contributed by atoms with Crippen LogP contribution in [-0.4, -0.2) is 36.3 Å². The molecule has 0 aliphatic carbocycles. The Morgan fingerprint density at radius 1 is 1.33 bits per heavy atom. The minimum atomic E-state index is -2.84. The van der Waals surface area contributed by atoms with E-state index in [1.165, 1.54) is 6.07 Å². The molecule has 1 unspecified atom stereocenters. The summed E-state index contributed by atoms with van der Waals surface area (Å²) < 4.78 is 35.0. The molecule has 1 saturated heterocycles. The number of rotatable bonds is 4. The third-order valence-corrected chi connectivity index (χ3v) is 4.02. The molecule has 1 aliphatic heterocycles. The fourth-order valence-electron chi connectivity index (χ4n) is 2.59. The number of hydrogen-bond acceptors (Lipinski definition) is 5. The van der Waals surface area contributed by atoms with Gasteiger partial charge in [0.25, 0.3) is 0 Å². The van der Waals surface area contributed by atoms with Gasteiger partial charge in [-0.25, -0.2) is 9.97 Å². The number of benzene rings is 1. The van der Waals surface area contributed by atoms with E-state index in [2.05, 4.69) is 14.7 Å². The van der Waals surface area contributed by atoms with Crippen molar-refractivity contribution in [2.24, 2.45) is 0 Å². The summed E-state index contributed by atoms with van der Waals surface area (Å²) in [6.45, 7) is 2.83. The van der Waals surface area contributed by atoms with Crippen molar-refractivity contribution < 1.29 is 18.3 Å². The van der Waals surface area contributed by atoms with E-state index >= 15 is 0 Å². The number of morpholine rings is 1. The van der Waals surface area contributed by atoms with Crippen molar-refractivity contribution in [3.05, 3.63) is 47.3 Å². The van der Waals surface area contributed by atoms with Gasteiger partial charge < -0.3 is 14.4 Å². The summed E-state index contributed by atoms with van der Waals surface area (Å²) in [5, 5.41) is 0. The highest BCUT2D eigenvalue weighted by atomic mass is 19.3. The molecule has 1 fully saturated rings. The molecule has 0 amide bonds. The molecule has 3 rings (SSSR count). The number of halogens is 2. The maximum Gasteiger partial charge on any atom is 0.387 e. The van der Waals surface area contributed by atoms with Gasteiger partial charge in [-0.3, -0.25) is 0 Å². The van der Waals surface area contributed by atoms with Gasteiger partial charge in [0.2, 0.25) is 5.95 Å². The standard InChI is InChI=1S/C17H19F2N3O2/c1-11-9-20-17(21-12(11)2)22-6-7-23-15(10-22)13-4-3-5-14(8-13)24-16(18)19/h3-5,8-9,15-16H,6-7,10H2,1-2H3. The first-order valence-electron chi connectivity index (χ1n) is 7.74. The summed E-state index contributed by atoms with van der Waals surface area (Å²) in [6, 6.07) is 6.61. The summed E-state index contributed by atoms with van der Waals surface area (Å²) >= 11 is 0. The lowest BCUT2D eigenvalue weighted by Gasteiger charge is -2.33. The average molecular weight is 335 g/mol. The van der Waals surface area contributed by atoms with Gasteiger partial charge in [0, 0.05) is 18.4 Å². The molecule has 0 N–H and O–H groups in total. The molecule has 5 nitrogen and oxygen atoms in total. The second-order valence-corrected chi connectivity index (χ2v) is 5.69. The number of hydrogen-bond donors (Lipinski definition) is 0. The molecule has 7 heteroatoms. The SMILES string of the molecule is Cc1cnc(N2CCOC(c3cccc(OC(F)F)c3)C2)nc1C. The van der Waals surface area contributed by atoms with Gasteiger partial charge in [-0.05, 0) is 37.1 Å². The van der Waals surface area contributed by atoms with Crippen LogP contribution in [0.4, 0.5) is 14.7 Å². The van der Waals surface area contributed by atoms with Gasteiger partial charge >= 0.3 is 6.61 Å². The highest BCUT2D eigenvalue weighted by Crippen LogP contribution is 2.27. The molecule has 1 atom stereocenters. The van der Waals surface area contributed by atoms with Crippen LogP contribution in [0, 0.1) is 13.8 Å². The van der Waals surface area contributed by atoms with Crippen LogP contribution < -0.4 is 9.64 Å². The largest absolute Gasteiger partial charge is 0.435 e. The number of aromatic nitrogens is 2. The fourth-order valence-corrected chi connectivity index (χ4v) is 2.59. The zero-order valence-corrected chi connectivity index (χ0v) is 13.6. The van der Waals surface area contributed by atoms with Gasteiger partial charge in [-0.1, -0.05) is 12.1 Å². The molecule has 2 heterocycles. The number of anilines is 1. The Kier molecular flexibility index (Phi) is 4.89. The zero-order valence-electron chi connectivity index (χ0n) is 13.6. The summed E-state index contributed by atoms with van der Waals surface area (Å²) in [5.41, 5.74) is 2.78. The molecule has 0 spiro atoms. The van der Waals surface area contributed by atoms with Crippen molar-refractivity contribution >= 4 is 5.95 Å². The lowest BCUT2D eigenvalue weighted by atomic mass is 10.1. The Morgan fingerprint density at radius 2 is 2.17 bits per heavy atom. The van der Waals surface area contributed by atoms with Crippen LogP contribution in [0.3, 0.4) is 0 Å². The van der Waals surface area contributed by atoms with Crippen molar-refractivity contribution in [3.8, 4) is 5.75 Å². The second kappa shape index (κ2) is 7.09. The molecular formula is C17H19F2N3O2. The smallest absolute Gasteiger partial charge is 0.387 e. The van der Waals surface area contributed by atoms with E-state index < -0.39 is 6.61 Å². The van der Waals surface area contributed by atoms with Gasteiger partial charge in [0.15, 0.2) is 0 Å². The number of aryl methyl sites for hydroxylation is 2. The Labute approximate surface area is 139 Å². The van der Waals surface area contributed by atoms with E-state index in [1.807, 2.05) is 24.8 Å². The highest BCUT2D eigenvalue weighted by molar-refractivity contribution is 5.36. The second-order valence-electron chi connectivity index (χ2n) is 5.69. The summed E-state index contributed by atoms with van der Waals surface area (Å²) in [5.74, 6) is 0.789. The van der Waals surface area contributed by atoms with Crippen LogP contribution in [0.15, 0.2) is 30.5 Å². The predicted molar refractivity (Wildman–Crippen MR) is 85.5 cm³/mol. The van der Waals surface area contributed by atoms with Gasteiger partial charge in [-0.15, -0.1) is 0 Å². The third-order valence-electron chi connectivity index (χ3n) is 4.02. The van der Waals surface area contributed by atoms with Crippen LogP contribution in [0.25, 0.3) is 0 Å². The molecule has 24 heavy (non-hydrogen) atoms. The monoisotopic (exact) mass is 335 g/mol. The maximum absolute atomic E-state index is 12.4. The number of alkyl halides is 2. The summed E-state index contributed by atoms with van der Waals surface area (Å²) in [7, 11) is 0. The molecule has 1 aliphatic rings. The van der Waals surface area contributed by atoms with Crippen LogP contribution in [0.5, 0.6) is 5.75 Å². The molecule has 128 valence electrons. The van der Waals surface area contributed by atoms with E-state index in [0.29, 0.717) is 25.6 Å². The lowest BCUT2D eigenvalue weighted by molar-refractivity contribution is -0.0501. The Balaban J connectivity index is 1.76.